The molecule has 1 amide bonds. The summed E-state index contributed by atoms with van der Waals surface area (Å²) in [6.45, 7) is 2.69. The van der Waals surface area contributed by atoms with E-state index in [4.69, 9.17) is 4.98 Å². The van der Waals surface area contributed by atoms with E-state index in [0.29, 0.717) is 23.8 Å². The van der Waals surface area contributed by atoms with Gasteiger partial charge in [-0.25, -0.2) is 13.4 Å². The third kappa shape index (κ3) is 6.26. The summed E-state index contributed by atoms with van der Waals surface area (Å²) >= 11 is 1.44. The molecule has 7 nitrogen and oxygen atoms in total. The number of nitrogens with zero attached hydrogens (tertiary/aromatic N) is 2. The van der Waals surface area contributed by atoms with Crippen LogP contribution in [0.2, 0.25) is 0 Å². The molecule has 0 saturated carbocycles. The van der Waals surface area contributed by atoms with Crippen molar-refractivity contribution in [1.82, 2.24) is 9.88 Å². The Bertz CT molecular complexity index is 1320. The lowest BCUT2D eigenvalue weighted by Gasteiger charge is -2.27. The van der Waals surface area contributed by atoms with Gasteiger partial charge in [0.2, 0.25) is 5.91 Å². The zero-order chi connectivity index (χ0) is 26.0. The molecule has 2 heterocycles. The SMILES string of the molecule is CC(C)[C@H]1c2nc(NC(=O)Cc3ccc(S(C)(=O)=O)cc3)sc2CN1Cc1ccc(OC(F)F)cc1. The van der Waals surface area contributed by atoms with Gasteiger partial charge in [0.05, 0.1) is 23.1 Å². The molecule has 1 aliphatic rings. The molecule has 11 heteroatoms. The molecule has 1 aromatic heterocycles. The van der Waals surface area contributed by atoms with E-state index in [2.05, 4.69) is 28.8 Å². The molecule has 3 aromatic rings. The van der Waals surface area contributed by atoms with Gasteiger partial charge in [-0.2, -0.15) is 8.78 Å². The summed E-state index contributed by atoms with van der Waals surface area (Å²) in [7, 11) is -3.28. The maximum absolute atomic E-state index is 12.6. The standard InChI is InChI=1S/C25H27F2N3O4S2/c1-15(2)23-22-20(14-30(23)13-17-4-8-18(9-5-17)34-24(26)27)35-25(29-22)28-21(31)12-16-6-10-19(11-7-16)36(3,32)33/h4-11,15,23-24H,12-14H2,1-3H3,(H,28,29,31)/t23-/m0/s1. The molecule has 1 N–H and O–H groups in total. The fourth-order valence-corrected chi connectivity index (χ4v) is 6.00. The first-order valence-electron chi connectivity index (χ1n) is 11.4. The van der Waals surface area contributed by atoms with Crippen molar-refractivity contribution in [3.63, 3.8) is 0 Å². The summed E-state index contributed by atoms with van der Waals surface area (Å²) in [5, 5.41) is 3.41. The predicted octanol–water partition coefficient (Wildman–Crippen LogP) is 5.04. The van der Waals surface area contributed by atoms with E-state index in [9.17, 15) is 22.0 Å². The van der Waals surface area contributed by atoms with Gasteiger partial charge >= 0.3 is 6.61 Å². The van der Waals surface area contributed by atoms with Crippen LogP contribution in [0, 0.1) is 5.92 Å². The van der Waals surface area contributed by atoms with Gasteiger partial charge in [0.15, 0.2) is 15.0 Å². The van der Waals surface area contributed by atoms with Crippen LogP contribution >= 0.6 is 11.3 Å². The molecular weight excluding hydrogens is 508 g/mol. The van der Waals surface area contributed by atoms with Gasteiger partial charge in [-0.05, 0) is 41.3 Å². The van der Waals surface area contributed by atoms with Gasteiger partial charge in [-0.3, -0.25) is 9.69 Å². The smallest absolute Gasteiger partial charge is 0.387 e. The number of thiazole rings is 1. The number of hydrogen-bond donors (Lipinski definition) is 1. The van der Waals surface area contributed by atoms with E-state index in [0.717, 1.165) is 22.4 Å². The van der Waals surface area contributed by atoms with E-state index in [-0.39, 0.29) is 34.9 Å². The number of rotatable bonds is 9. The highest BCUT2D eigenvalue weighted by atomic mass is 32.2. The molecule has 1 aliphatic heterocycles. The number of alkyl halides is 2. The number of hydrogen-bond acceptors (Lipinski definition) is 7. The third-order valence-electron chi connectivity index (χ3n) is 5.88. The Morgan fingerprint density at radius 2 is 1.78 bits per heavy atom. The van der Waals surface area contributed by atoms with Crippen molar-refractivity contribution in [3.05, 3.63) is 70.2 Å². The number of carbonyl (C=O) groups excluding carboxylic acids is 1. The molecule has 0 saturated heterocycles. The Morgan fingerprint density at radius 3 is 2.36 bits per heavy atom. The molecule has 0 unspecified atom stereocenters. The van der Waals surface area contributed by atoms with E-state index < -0.39 is 16.4 Å². The number of aromatic nitrogens is 1. The fraction of sp³-hybridized carbons (Fsp3) is 0.360. The van der Waals surface area contributed by atoms with E-state index >= 15 is 0 Å². The second-order valence-electron chi connectivity index (χ2n) is 9.08. The number of sulfone groups is 1. The highest BCUT2D eigenvalue weighted by molar-refractivity contribution is 7.90. The fourth-order valence-electron chi connectivity index (χ4n) is 4.32. The van der Waals surface area contributed by atoms with Crippen molar-refractivity contribution in [1.29, 1.82) is 0 Å². The monoisotopic (exact) mass is 535 g/mol. The number of carbonyl (C=O) groups is 1. The first-order chi connectivity index (χ1) is 17.0. The second-order valence-corrected chi connectivity index (χ2v) is 12.2. The van der Waals surface area contributed by atoms with Gasteiger partial charge in [-0.1, -0.05) is 38.1 Å². The lowest BCUT2D eigenvalue weighted by molar-refractivity contribution is -0.115. The van der Waals surface area contributed by atoms with Gasteiger partial charge in [0.25, 0.3) is 0 Å². The highest BCUT2D eigenvalue weighted by Gasteiger charge is 2.36. The van der Waals surface area contributed by atoms with Crippen molar-refractivity contribution in [2.45, 2.75) is 50.9 Å². The highest BCUT2D eigenvalue weighted by Crippen LogP contribution is 2.43. The van der Waals surface area contributed by atoms with E-state index in [1.54, 1.807) is 24.3 Å². The summed E-state index contributed by atoms with van der Waals surface area (Å²) in [5.41, 5.74) is 2.63. The van der Waals surface area contributed by atoms with Crippen LogP contribution in [0.25, 0.3) is 0 Å². The van der Waals surface area contributed by atoms with Gasteiger partial charge in [0.1, 0.15) is 5.75 Å². The second kappa shape index (κ2) is 10.6. The van der Waals surface area contributed by atoms with Crippen LogP contribution in [0.3, 0.4) is 0 Å². The minimum absolute atomic E-state index is 0.0578. The lowest BCUT2D eigenvalue weighted by Crippen LogP contribution is -2.26. The summed E-state index contributed by atoms with van der Waals surface area (Å²) < 4.78 is 52.4. The average Bonchev–Trinajstić information content (AvgIpc) is 3.30. The van der Waals surface area contributed by atoms with Crippen molar-refractivity contribution in [2.75, 3.05) is 11.6 Å². The molecule has 2 aromatic carbocycles. The molecule has 0 radical (unpaired) electrons. The normalized spacial score (nSPS) is 15.9. The maximum Gasteiger partial charge on any atom is 0.387 e. The summed E-state index contributed by atoms with van der Waals surface area (Å²) in [4.78, 5) is 20.9. The molecule has 0 spiro atoms. The molecule has 1 atom stereocenters. The zero-order valence-corrected chi connectivity index (χ0v) is 21.7. The Labute approximate surface area is 213 Å². The first kappa shape index (κ1) is 26.2. The first-order valence-corrected chi connectivity index (χ1v) is 14.1. The third-order valence-corrected chi connectivity index (χ3v) is 7.98. The Kier molecular flexibility index (Phi) is 7.72. The Morgan fingerprint density at radius 1 is 1.14 bits per heavy atom. The van der Waals surface area contributed by atoms with Gasteiger partial charge < -0.3 is 10.1 Å². The quantitative estimate of drug-likeness (QED) is 0.413. The topological polar surface area (TPSA) is 88.6 Å². The Hall–Kier alpha value is -2.89. The average molecular weight is 536 g/mol. The number of amides is 1. The summed E-state index contributed by atoms with van der Waals surface area (Å²) in [6.07, 6.45) is 1.25. The van der Waals surface area contributed by atoms with Crippen molar-refractivity contribution in [2.24, 2.45) is 5.92 Å². The van der Waals surface area contributed by atoms with Gasteiger partial charge in [-0.15, -0.1) is 11.3 Å². The zero-order valence-electron chi connectivity index (χ0n) is 20.1. The number of anilines is 1. The lowest BCUT2D eigenvalue weighted by atomic mass is 10.0. The number of ether oxygens (including phenoxy) is 1. The molecule has 4 rings (SSSR count). The number of halogens is 2. The molecule has 0 fully saturated rings. The number of fused-ring (bicyclic) bond motifs is 1. The van der Waals surface area contributed by atoms with Crippen LogP contribution < -0.4 is 10.1 Å². The molecular formula is C25H27F2N3O4S2. The molecule has 192 valence electrons. The number of benzene rings is 2. The minimum Gasteiger partial charge on any atom is -0.435 e. The molecule has 0 bridgehead atoms. The van der Waals surface area contributed by atoms with Crippen LogP contribution in [-0.2, 0) is 34.1 Å². The van der Waals surface area contributed by atoms with E-state index in [1.807, 2.05) is 0 Å². The van der Waals surface area contributed by atoms with Crippen LogP contribution in [0.15, 0.2) is 53.4 Å². The van der Waals surface area contributed by atoms with Crippen molar-refractivity contribution in [3.8, 4) is 5.75 Å². The van der Waals surface area contributed by atoms with Crippen LogP contribution in [-0.4, -0.2) is 37.1 Å². The minimum atomic E-state index is -3.28. The summed E-state index contributed by atoms with van der Waals surface area (Å²) in [5.74, 6) is 0.174. The van der Waals surface area contributed by atoms with Crippen molar-refractivity contribution >= 4 is 32.2 Å². The van der Waals surface area contributed by atoms with Crippen LogP contribution in [0.4, 0.5) is 13.9 Å². The Balaban J connectivity index is 1.40. The molecule has 0 aliphatic carbocycles. The number of nitrogens with one attached hydrogen (secondary N) is 1. The van der Waals surface area contributed by atoms with Gasteiger partial charge in [0, 0.05) is 24.2 Å². The summed E-state index contributed by atoms with van der Waals surface area (Å²) in [6, 6.07) is 13.0. The van der Waals surface area contributed by atoms with Crippen molar-refractivity contribution < 1.29 is 26.7 Å². The largest absolute Gasteiger partial charge is 0.435 e. The van der Waals surface area contributed by atoms with Crippen LogP contribution in [0.5, 0.6) is 5.75 Å². The predicted molar refractivity (Wildman–Crippen MR) is 134 cm³/mol. The maximum atomic E-state index is 12.6. The van der Waals surface area contributed by atoms with E-state index in [1.165, 1.54) is 35.6 Å². The van der Waals surface area contributed by atoms with Crippen LogP contribution in [0.1, 0.15) is 41.6 Å². The molecule has 36 heavy (non-hydrogen) atoms.